The highest BCUT2D eigenvalue weighted by Gasteiger charge is 2.23. The van der Waals surface area contributed by atoms with Crippen molar-refractivity contribution in [2.75, 3.05) is 5.75 Å². The van der Waals surface area contributed by atoms with Crippen LogP contribution >= 0.6 is 11.8 Å². The lowest BCUT2D eigenvalue weighted by Gasteiger charge is -2.15. The normalized spacial score (nSPS) is 27.0. The molecule has 2 atom stereocenters. The molecule has 0 spiro atoms. The van der Waals surface area contributed by atoms with Crippen molar-refractivity contribution in [1.29, 1.82) is 0 Å². The van der Waals surface area contributed by atoms with E-state index in [1.807, 2.05) is 6.20 Å². The number of hydrogen-bond donors (Lipinski definition) is 2. The summed E-state index contributed by atoms with van der Waals surface area (Å²) in [5, 5.41) is 11.3. The number of aromatic nitrogens is 2. The molecular formula is C10H17N3S. The van der Waals surface area contributed by atoms with E-state index in [-0.39, 0.29) is 0 Å². The van der Waals surface area contributed by atoms with Crippen LogP contribution in [-0.4, -0.2) is 27.2 Å². The highest BCUT2D eigenvalue weighted by molar-refractivity contribution is 8.00. The van der Waals surface area contributed by atoms with E-state index in [0.717, 1.165) is 11.8 Å². The Morgan fingerprint density at radius 3 is 3.14 bits per heavy atom. The van der Waals surface area contributed by atoms with Crippen LogP contribution in [0.3, 0.4) is 0 Å². The van der Waals surface area contributed by atoms with Gasteiger partial charge >= 0.3 is 0 Å². The first-order valence-corrected chi connectivity index (χ1v) is 6.16. The highest BCUT2D eigenvalue weighted by atomic mass is 32.2. The van der Waals surface area contributed by atoms with Crippen LogP contribution < -0.4 is 5.32 Å². The van der Waals surface area contributed by atoms with Crippen molar-refractivity contribution in [3.8, 4) is 0 Å². The molecule has 0 radical (unpaired) electrons. The number of nitrogens with one attached hydrogen (secondary N) is 2. The van der Waals surface area contributed by atoms with Gasteiger partial charge in [0.15, 0.2) is 0 Å². The van der Waals surface area contributed by atoms with Crippen LogP contribution in [0, 0.1) is 6.92 Å². The molecule has 14 heavy (non-hydrogen) atoms. The van der Waals surface area contributed by atoms with Gasteiger partial charge in [-0.1, -0.05) is 6.92 Å². The molecule has 2 rings (SSSR count). The van der Waals surface area contributed by atoms with Crippen LogP contribution in [0.5, 0.6) is 0 Å². The number of thioether (sulfide) groups is 1. The van der Waals surface area contributed by atoms with Crippen LogP contribution in [-0.2, 0) is 6.54 Å². The summed E-state index contributed by atoms with van der Waals surface area (Å²) in [6.07, 6.45) is 3.21. The third-order valence-corrected chi connectivity index (χ3v) is 4.19. The molecule has 1 aromatic heterocycles. The second kappa shape index (κ2) is 4.36. The van der Waals surface area contributed by atoms with Crippen LogP contribution in [0.1, 0.15) is 24.6 Å². The quantitative estimate of drug-likeness (QED) is 0.799. The van der Waals surface area contributed by atoms with Crippen molar-refractivity contribution in [1.82, 2.24) is 15.5 Å². The molecule has 0 saturated carbocycles. The van der Waals surface area contributed by atoms with Gasteiger partial charge < -0.3 is 5.32 Å². The molecule has 2 unspecified atom stereocenters. The number of rotatable bonds is 3. The topological polar surface area (TPSA) is 40.7 Å². The lowest BCUT2D eigenvalue weighted by Crippen LogP contribution is -2.32. The Balaban J connectivity index is 1.85. The smallest absolute Gasteiger partial charge is 0.0535 e. The third kappa shape index (κ3) is 2.12. The molecule has 0 aromatic carbocycles. The fraction of sp³-hybridized carbons (Fsp3) is 0.700. The van der Waals surface area contributed by atoms with Crippen molar-refractivity contribution >= 4 is 11.8 Å². The zero-order valence-corrected chi connectivity index (χ0v) is 9.53. The lowest BCUT2D eigenvalue weighted by molar-refractivity contribution is 0.512. The van der Waals surface area contributed by atoms with Gasteiger partial charge in [-0.2, -0.15) is 16.9 Å². The summed E-state index contributed by atoms with van der Waals surface area (Å²) < 4.78 is 0. The van der Waals surface area contributed by atoms with Gasteiger partial charge in [0, 0.05) is 29.1 Å². The Morgan fingerprint density at radius 1 is 1.71 bits per heavy atom. The fourth-order valence-corrected chi connectivity index (χ4v) is 3.02. The van der Waals surface area contributed by atoms with Gasteiger partial charge in [0.05, 0.1) is 6.20 Å². The van der Waals surface area contributed by atoms with Crippen molar-refractivity contribution in [2.45, 2.75) is 38.1 Å². The molecule has 4 heteroatoms. The van der Waals surface area contributed by atoms with Gasteiger partial charge in [-0.3, -0.25) is 5.10 Å². The number of aryl methyl sites for hydroxylation is 1. The van der Waals surface area contributed by atoms with Crippen molar-refractivity contribution in [2.24, 2.45) is 0 Å². The van der Waals surface area contributed by atoms with E-state index in [0.29, 0.717) is 6.04 Å². The number of aromatic amines is 1. The molecule has 78 valence electrons. The molecule has 1 aliphatic heterocycles. The molecular weight excluding hydrogens is 194 g/mol. The number of H-pyrrole nitrogens is 1. The molecule has 2 heterocycles. The Hall–Kier alpha value is -0.480. The predicted octanol–water partition coefficient (Wildman–Crippen LogP) is 1.70. The summed E-state index contributed by atoms with van der Waals surface area (Å²) in [5.41, 5.74) is 2.46. The Labute approximate surface area is 89.1 Å². The minimum atomic E-state index is 0.675. The second-order valence-electron chi connectivity index (χ2n) is 3.87. The monoisotopic (exact) mass is 211 g/mol. The largest absolute Gasteiger partial charge is 0.309 e. The molecule has 0 bridgehead atoms. The molecule has 0 amide bonds. The summed E-state index contributed by atoms with van der Waals surface area (Å²) in [5.74, 6) is 1.29. The summed E-state index contributed by atoms with van der Waals surface area (Å²) in [6.45, 7) is 5.31. The number of hydrogen-bond acceptors (Lipinski definition) is 3. The second-order valence-corrected chi connectivity index (χ2v) is 5.36. The first kappa shape index (κ1) is 10.1. The van der Waals surface area contributed by atoms with E-state index in [4.69, 9.17) is 0 Å². The van der Waals surface area contributed by atoms with Gasteiger partial charge in [0.2, 0.25) is 0 Å². The van der Waals surface area contributed by atoms with Crippen LogP contribution in [0.4, 0.5) is 0 Å². The molecule has 3 nitrogen and oxygen atoms in total. The van der Waals surface area contributed by atoms with Crippen molar-refractivity contribution < 1.29 is 0 Å². The summed E-state index contributed by atoms with van der Waals surface area (Å²) in [4.78, 5) is 0. The Morgan fingerprint density at radius 2 is 2.57 bits per heavy atom. The zero-order valence-electron chi connectivity index (χ0n) is 8.71. The first-order valence-electron chi connectivity index (χ1n) is 5.11. The van der Waals surface area contributed by atoms with Gasteiger partial charge in [0.25, 0.3) is 0 Å². The maximum Gasteiger partial charge on any atom is 0.0535 e. The first-order chi connectivity index (χ1) is 6.77. The van der Waals surface area contributed by atoms with Crippen molar-refractivity contribution in [3.05, 3.63) is 17.5 Å². The third-order valence-electron chi connectivity index (χ3n) is 2.87. The average molecular weight is 211 g/mol. The van der Waals surface area contributed by atoms with Gasteiger partial charge in [-0.15, -0.1) is 0 Å². The van der Waals surface area contributed by atoms with E-state index >= 15 is 0 Å². The average Bonchev–Trinajstić information content (AvgIpc) is 2.72. The molecule has 0 aliphatic carbocycles. The Kier molecular flexibility index (Phi) is 3.13. The molecule has 1 saturated heterocycles. The van der Waals surface area contributed by atoms with E-state index in [9.17, 15) is 0 Å². The van der Waals surface area contributed by atoms with E-state index in [1.165, 1.54) is 23.4 Å². The van der Waals surface area contributed by atoms with E-state index in [1.54, 1.807) is 0 Å². The van der Waals surface area contributed by atoms with Crippen LogP contribution in [0.25, 0.3) is 0 Å². The number of nitrogens with zero attached hydrogens (tertiary/aromatic N) is 1. The maximum absolute atomic E-state index is 4.02. The molecule has 1 aromatic rings. The van der Waals surface area contributed by atoms with Crippen molar-refractivity contribution in [3.63, 3.8) is 0 Å². The lowest BCUT2D eigenvalue weighted by atomic mass is 10.1. The Bertz CT molecular complexity index is 297. The summed E-state index contributed by atoms with van der Waals surface area (Å²) in [7, 11) is 0. The minimum Gasteiger partial charge on any atom is -0.309 e. The van der Waals surface area contributed by atoms with E-state index in [2.05, 4.69) is 41.1 Å². The molecule has 1 fully saturated rings. The van der Waals surface area contributed by atoms with Crippen LogP contribution in [0.15, 0.2) is 6.20 Å². The summed E-state index contributed by atoms with van der Waals surface area (Å²) in [6, 6.07) is 0.675. The van der Waals surface area contributed by atoms with Gasteiger partial charge in [-0.05, 0) is 19.1 Å². The van der Waals surface area contributed by atoms with Gasteiger partial charge in [0.1, 0.15) is 0 Å². The standard InChI is InChI=1S/C10H17N3S/c1-7-9(6-12-13-7)5-11-10-3-4-14-8(10)2/h6,8,10-11H,3-5H2,1-2H3,(H,12,13). The van der Waals surface area contributed by atoms with Crippen LogP contribution in [0.2, 0.25) is 0 Å². The predicted molar refractivity (Wildman–Crippen MR) is 60.5 cm³/mol. The highest BCUT2D eigenvalue weighted by Crippen LogP contribution is 2.26. The molecule has 2 N–H and O–H groups in total. The minimum absolute atomic E-state index is 0.675. The summed E-state index contributed by atoms with van der Waals surface area (Å²) >= 11 is 2.06. The maximum atomic E-state index is 4.02. The van der Waals surface area contributed by atoms with E-state index < -0.39 is 0 Å². The fourth-order valence-electron chi connectivity index (χ4n) is 1.79. The SMILES string of the molecule is Cc1[nH]ncc1CNC1CCSC1C. The van der Waals surface area contributed by atoms with Gasteiger partial charge in [-0.25, -0.2) is 0 Å². The zero-order chi connectivity index (χ0) is 9.97. The molecule has 1 aliphatic rings.